The third-order valence-electron chi connectivity index (χ3n) is 2.15. The fourth-order valence-electron chi connectivity index (χ4n) is 1.07. The molecule has 0 saturated heterocycles. The molecule has 1 N–H and O–H groups in total. The van der Waals surface area contributed by atoms with E-state index in [0.29, 0.717) is 6.61 Å². The van der Waals surface area contributed by atoms with E-state index >= 15 is 0 Å². The van der Waals surface area contributed by atoms with E-state index in [1.165, 1.54) is 14.2 Å². The summed E-state index contributed by atoms with van der Waals surface area (Å²) < 4.78 is 36.5. The first-order valence-corrected chi connectivity index (χ1v) is 7.23. The van der Waals surface area contributed by atoms with Crippen LogP contribution in [0.25, 0.3) is 0 Å². The van der Waals surface area contributed by atoms with Crippen LogP contribution >= 0.6 is 0 Å². The molecule has 0 rings (SSSR count). The molecule has 0 heterocycles. The molecule has 0 aliphatic carbocycles. The Morgan fingerprint density at radius 1 is 1.42 bits per heavy atom. The molecule has 0 bridgehead atoms. The van der Waals surface area contributed by atoms with Gasteiger partial charge in [-0.15, -0.1) is 0 Å². The number of methoxy groups -OCH3 is 1. The number of nitrogens with zero attached hydrogens (tertiary/aromatic N) is 1. The van der Waals surface area contributed by atoms with E-state index in [9.17, 15) is 13.2 Å². The minimum absolute atomic E-state index is 0.0140. The van der Waals surface area contributed by atoms with Crippen LogP contribution in [0.4, 0.5) is 0 Å². The van der Waals surface area contributed by atoms with E-state index in [2.05, 4.69) is 16.0 Å². The molecule has 0 radical (unpaired) electrons. The van der Waals surface area contributed by atoms with Crippen molar-refractivity contribution in [3.05, 3.63) is 12.2 Å². The topological polar surface area (TPSA) is 84.9 Å². The molecule has 0 amide bonds. The molecule has 0 aliphatic rings. The van der Waals surface area contributed by atoms with E-state index in [1.54, 1.807) is 0 Å². The molecule has 0 fully saturated rings. The molecule has 19 heavy (non-hydrogen) atoms. The Kier molecular flexibility index (Phi) is 8.57. The van der Waals surface area contributed by atoms with Gasteiger partial charge in [0.2, 0.25) is 0 Å². The number of hydrogen-bond acceptors (Lipinski definition) is 5. The zero-order valence-corrected chi connectivity index (χ0v) is 12.5. The Hall–Kier alpha value is -0.960. The number of hydrogen-bond donors (Lipinski definition) is 1. The smallest absolute Gasteiger partial charge is 0.306 e. The molecule has 0 spiro atoms. The van der Waals surface area contributed by atoms with Crippen molar-refractivity contribution in [1.29, 1.82) is 0 Å². The summed E-state index contributed by atoms with van der Waals surface area (Å²) in [6.45, 7) is 6.38. The second kappa shape index (κ2) is 9.03. The van der Waals surface area contributed by atoms with Gasteiger partial charge in [0.25, 0.3) is 10.2 Å². The van der Waals surface area contributed by atoms with Gasteiger partial charge >= 0.3 is 5.97 Å². The minimum atomic E-state index is -3.59. The summed E-state index contributed by atoms with van der Waals surface area (Å²) in [4.78, 5) is 10.9. The Morgan fingerprint density at radius 3 is 2.58 bits per heavy atom. The lowest BCUT2D eigenvalue weighted by molar-refractivity contribution is -0.140. The maximum absolute atomic E-state index is 11.7. The van der Waals surface area contributed by atoms with Crippen LogP contribution in [-0.4, -0.2) is 59.2 Å². The third-order valence-corrected chi connectivity index (χ3v) is 3.72. The predicted molar refractivity (Wildman–Crippen MR) is 71.8 cm³/mol. The molecule has 0 saturated carbocycles. The lowest BCUT2D eigenvalue weighted by Gasteiger charge is -2.17. The number of carbonyl (C=O) groups is 1. The average Bonchev–Trinajstić information content (AvgIpc) is 2.34. The van der Waals surface area contributed by atoms with E-state index < -0.39 is 16.2 Å². The Bertz CT molecular complexity index is 394. The minimum Gasteiger partial charge on any atom is -0.469 e. The van der Waals surface area contributed by atoms with E-state index in [4.69, 9.17) is 4.74 Å². The Morgan fingerprint density at radius 2 is 2.05 bits per heavy atom. The van der Waals surface area contributed by atoms with Crippen molar-refractivity contribution in [2.45, 2.75) is 13.3 Å². The van der Waals surface area contributed by atoms with Gasteiger partial charge in [-0.1, -0.05) is 12.2 Å². The summed E-state index contributed by atoms with van der Waals surface area (Å²) in [7, 11) is -0.945. The van der Waals surface area contributed by atoms with Gasteiger partial charge in [-0.3, -0.25) is 4.79 Å². The van der Waals surface area contributed by atoms with E-state index in [1.807, 2.05) is 6.92 Å². The van der Waals surface area contributed by atoms with Gasteiger partial charge in [0.1, 0.15) is 0 Å². The van der Waals surface area contributed by atoms with Crippen LogP contribution < -0.4 is 4.72 Å². The zero-order chi connectivity index (χ0) is 14.9. The lowest BCUT2D eigenvalue weighted by Crippen LogP contribution is -2.40. The van der Waals surface area contributed by atoms with Crippen LogP contribution in [0.3, 0.4) is 0 Å². The third kappa shape index (κ3) is 8.71. The largest absolute Gasteiger partial charge is 0.469 e. The van der Waals surface area contributed by atoms with Crippen molar-refractivity contribution >= 4 is 16.2 Å². The fourth-order valence-corrected chi connectivity index (χ4v) is 1.96. The predicted octanol–water partition coefficient (Wildman–Crippen LogP) is -0.0916. The van der Waals surface area contributed by atoms with Gasteiger partial charge < -0.3 is 9.47 Å². The van der Waals surface area contributed by atoms with Crippen molar-refractivity contribution in [3.63, 3.8) is 0 Å². The number of carbonyl (C=O) groups excluding carboxylic acids is 1. The van der Waals surface area contributed by atoms with Crippen molar-refractivity contribution in [2.24, 2.45) is 0 Å². The Balaban J connectivity index is 3.95. The fraction of sp³-hybridized carbons (Fsp3) is 0.727. The summed E-state index contributed by atoms with van der Waals surface area (Å²) in [5.41, 5.74) is 0.873. The first kappa shape index (κ1) is 18.0. The highest BCUT2D eigenvalue weighted by Gasteiger charge is 2.17. The van der Waals surface area contributed by atoms with Crippen LogP contribution in [0, 0.1) is 0 Å². The normalized spacial score (nSPS) is 11.6. The summed E-state index contributed by atoms with van der Waals surface area (Å²) >= 11 is 0. The van der Waals surface area contributed by atoms with Crippen molar-refractivity contribution in [3.8, 4) is 0 Å². The van der Waals surface area contributed by atoms with Gasteiger partial charge in [0.15, 0.2) is 0 Å². The maximum Gasteiger partial charge on any atom is 0.306 e. The van der Waals surface area contributed by atoms with Gasteiger partial charge in [-0.25, -0.2) is 0 Å². The molecule has 112 valence electrons. The summed E-state index contributed by atoms with van der Waals surface area (Å²) in [5.74, 6) is -0.452. The van der Waals surface area contributed by atoms with Crippen LogP contribution in [0.15, 0.2) is 12.2 Å². The quantitative estimate of drug-likeness (QED) is 0.346. The monoisotopic (exact) mass is 294 g/mol. The Labute approximate surface area is 114 Å². The highest BCUT2D eigenvalue weighted by molar-refractivity contribution is 7.87. The van der Waals surface area contributed by atoms with Gasteiger partial charge in [-0.2, -0.15) is 17.4 Å². The molecule has 8 heteroatoms. The standard InChI is InChI=1S/C11H22N2O5S/c1-10(2)9-18-8-6-12-19(15,16)13(3)7-5-11(14)17-4/h12H,1,5-9H2,2-4H3. The second-order valence-electron chi connectivity index (χ2n) is 4.06. The molecule has 7 nitrogen and oxygen atoms in total. The average molecular weight is 294 g/mol. The first-order valence-electron chi connectivity index (χ1n) is 5.79. The summed E-state index contributed by atoms with van der Waals surface area (Å²) in [6.07, 6.45) is 0.0140. The van der Waals surface area contributed by atoms with Crippen LogP contribution in [0.1, 0.15) is 13.3 Å². The zero-order valence-electron chi connectivity index (χ0n) is 11.6. The van der Waals surface area contributed by atoms with Crippen LogP contribution in [-0.2, 0) is 24.5 Å². The second-order valence-corrected chi connectivity index (χ2v) is 5.92. The lowest BCUT2D eigenvalue weighted by atomic mass is 10.4. The van der Waals surface area contributed by atoms with Gasteiger partial charge in [0, 0.05) is 20.1 Å². The van der Waals surface area contributed by atoms with Gasteiger partial charge in [-0.05, 0) is 6.92 Å². The SMILES string of the molecule is C=C(C)COCCNS(=O)(=O)N(C)CCC(=O)OC. The van der Waals surface area contributed by atoms with Crippen LogP contribution in [0.2, 0.25) is 0 Å². The molecule has 0 aromatic heterocycles. The van der Waals surface area contributed by atoms with Crippen molar-refractivity contribution < 1.29 is 22.7 Å². The molecule has 0 aliphatic heterocycles. The van der Waals surface area contributed by atoms with E-state index in [0.717, 1.165) is 9.88 Å². The molecule has 0 atom stereocenters. The molecule has 0 aromatic rings. The van der Waals surface area contributed by atoms with Crippen LogP contribution in [0.5, 0.6) is 0 Å². The van der Waals surface area contributed by atoms with Crippen molar-refractivity contribution in [1.82, 2.24) is 9.03 Å². The molecule has 0 unspecified atom stereocenters. The van der Waals surface area contributed by atoms with Crippen molar-refractivity contribution in [2.75, 3.05) is 40.5 Å². The molecule has 0 aromatic carbocycles. The van der Waals surface area contributed by atoms with E-state index in [-0.39, 0.29) is 26.1 Å². The highest BCUT2D eigenvalue weighted by atomic mass is 32.2. The maximum atomic E-state index is 11.7. The number of nitrogens with one attached hydrogen (secondary N) is 1. The highest BCUT2D eigenvalue weighted by Crippen LogP contribution is 1.97. The first-order chi connectivity index (χ1) is 8.79. The summed E-state index contributed by atoms with van der Waals surface area (Å²) in [6, 6.07) is 0. The summed E-state index contributed by atoms with van der Waals surface area (Å²) in [5, 5.41) is 0. The number of rotatable bonds is 10. The molecular formula is C11H22N2O5S. The number of esters is 1. The van der Waals surface area contributed by atoms with Gasteiger partial charge in [0.05, 0.1) is 26.7 Å². The number of ether oxygens (including phenoxy) is 2. The molecular weight excluding hydrogens is 272 g/mol.